The average Bonchev–Trinajstić information content (AvgIpc) is 2.34. The highest BCUT2D eigenvalue weighted by molar-refractivity contribution is 5.98. The Morgan fingerprint density at radius 1 is 1.47 bits per heavy atom. The van der Waals surface area contributed by atoms with Crippen LogP contribution >= 0.6 is 0 Å². The average molecular weight is 233 g/mol. The van der Waals surface area contributed by atoms with Crippen LogP contribution < -0.4 is 5.43 Å². The minimum atomic E-state index is -0.613. The Balaban J connectivity index is 2.85. The van der Waals surface area contributed by atoms with Crippen LogP contribution in [-0.4, -0.2) is 17.0 Å². The van der Waals surface area contributed by atoms with E-state index < -0.39 is 10.8 Å². The molecule has 0 saturated heterocycles. The standard InChI is InChI=1S/C11H11N3O3/c1-2-3-8-12-13-11(15)9-6-4-5-7-10(9)14(16)17/h2-8H,1H3,(H,13,15)/b3-2+,12-8+. The molecule has 0 aromatic heterocycles. The third-order valence-electron chi connectivity index (χ3n) is 1.86. The Hall–Kier alpha value is -2.50. The molecule has 0 unspecified atom stereocenters. The smallest absolute Gasteiger partial charge is 0.267 e. The minimum absolute atomic E-state index is 0.0184. The van der Waals surface area contributed by atoms with E-state index in [9.17, 15) is 14.9 Å². The molecule has 1 aromatic rings. The number of carbonyl (C=O) groups excluding carboxylic acids is 1. The van der Waals surface area contributed by atoms with Gasteiger partial charge in [-0.05, 0) is 19.1 Å². The third-order valence-corrected chi connectivity index (χ3v) is 1.86. The number of hydrazone groups is 1. The van der Waals surface area contributed by atoms with Crippen molar-refractivity contribution in [3.8, 4) is 0 Å². The van der Waals surface area contributed by atoms with Gasteiger partial charge in [0.05, 0.1) is 4.92 Å². The van der Waals surface area contributed by atoms with Crippen LogP contribution in [0.15, 0.2) is 41.5 Å². The Kier molecular flexibility index (Phi) is 4.56. The second-order valence-electron chi connectivity index (χ2n) is 3.02. The highest BCUT2D eigenvalue weighted by Crippen LogP contribution is 2.16. The number of hydrogen-bond donors (Lipinski definition) is 1. The summed E-state index contributed by atoms with van der Waals surface area (Å²) in [6.07, 6.45) is 4.74. The largest absolute Gasteiger partial charge is 0.282 e. The maximum Gasteiger partial charge on any atom is 0.282 e. The van der Waals surface area contributed by atoms with Gasteiger partial charge in [-0.3, -0.25) is 14.9 Å². The van der Waals surface area contributed by atoms with Crippen LogP contribution in [0.2, 0.25) is 0 Å². The molecule has 6 nitrogen and oxygen atoms in total. The van der Waals surface area contributed by atoms with E-state index >= 15 is 0 Å². The van der Waals surface area contributed by atoms with E-state index in [1.165, 1.54) is 24.4 Å². The van der Waals surface area contributed by atoms with E-state index in [-0.39, 0.29) is 11.3 Å². The summed E-state index contributed by atoms with van der Waals surface area (Å²) >= 11 is 0. The van der Waals surface area contributed by atoms with Crippen molar-refractivity contribution >= 4 is 17.8 Å². The number of amides is 1. The van der Waals surface area contributed by atoms with Crippen LogP contribution in [0, 0.1) is 10.1 Å². The number of benzene rings is 1. The summed E-state index contributed by atoms with van der Waals surface area (Å²) in [5.74, 6) is -0.613. The number of nitrogens with zero attached hydrogens (tertiary/aromatic N) is 2. The molecule has 0 aliphatic heterocycles. The topological polar surface area (TPSA) is 84.6 Å². The molecule has 0 aliphatic rings. The normalized spacial score (nSPS) is 10.9. The zero-order chi connectivity index (χ0) is 12.7. The van der Waals surface area contributed by atoms with Gasteiger partial charge < -0.3 is 0 Å². The molecule has 0 radical (unpaired) electrons. The number of allylic oxidation sites excluding steroid dienone is 2. The van der Waals surface area contributed by atoms with Crippen molar-refractivity contribution in [1.29, 1.82) is 0 Å². The Bertz CT molecular complexity index is 481. The first-order valence-corrected chi connectivity index (χ1v) is 4.85. The van der Waals surface area contributed by atoms with Gasteiger partial charge >= 0.3 is 0 Å². The quantitative estimate of drug-likeness (QED) is 0.489. The number of carbonyl (C=O) groups is 1. The summed E-state index contributed by atoms with van der Waals surface area (Å²) in [7, 11) is 0. The van der Waals surface area contributed by atoms with Crippen molar-refractivity contribution < 1.29 is 9.72 Å². The van der Waals surface area contributed by atoms with E-state index in [0.29, 0.717) is 0 Å². The fourth-order valence-electron chi connectivity index (χ4n) is 1.11. The first kappa shape index (κ1) is 12.6. The Labute approximate surface area is 97.8 Å². The van der Waals surface area contributed by atoms with Crippen LogP contribution in [-0.2, 0) is 0 Å². The first-order chi connectivity index (χ1) is 8.16. The number of nitrogens with one attached hydrogen (secondary N) is 1. The van der Waals surface area contributed by atoms with Gasteiger partial charge in [-0.2, -0.15) is 5.10 Å². The Morgan fingerprint density at radius 3 is 2.82 bits per heavy atom. The highest BCUT2D eigenvalue weighted by atomic mass is 16.6. The predicted octanol–water partition coefficient (Wildman–Crippen LogP) is 1.89. The summed E-state index contributed by atoms with van der Waals surface area (Å²) in [5, 5.41) is 14.3. The van der Waals surface area contributed by atoms with E-state index in [1.54, 1.807) is 25.1 Å². The molecule has 0 spiro atoms. The summed E-state index contributed by atoms with van der Waals surface area (Å²) in [6.45, 7) is 1.80. The summed E-state index contributed by atoms with van der Waals surface area (Å²) in [4.78, 5) is 21.7. The molecule has 1 amide bonds. The molecule has 0 heterocycles. The Morgan fingerprint density at radius 2 is 2.18 bits per heavy atom. The lowest BCUT2D eigenvalue weighted by Gasteiger charge is -2.00. The molecule has 1 rings (SSSR count). The van der Waals surface area contributed by atoms with Crippen LogP contribution in [0.5, 0.6) is 0 Å². The van der Waals surface area contributed by atoms with E-state index in [1.807, 2.05) is 0 Å². The molecular weight excluding hydrogens is 222 g/mol. The van der Waals surface area contributed by atoms with Gasteiger partial charge in [-0.1, -0.05) is 18.2 Å². The number of para-hydroxylation sites is 1. The molecule has 17 heavy (non-hydrogen) atoms. The van der Waals surface area contributed by atoms with Crippen molar-refractivity contribution in [3.05, 3.63) is 52.1 Å². The van der Waals surface area contributed by atoms with Gasteiger partial charge in [0.25, 0.3) is 11.6 Å². The molecule has 6 heteroatoms. The molecule has 1 aromatic carbocycles. The van der Waals surface area contributed by atoms with Gasteiger partial charge in [-0.15, -0.1) is 0 Å². The molecule has 0 bridgehead atoms. The van der Waals surface area contributed by atoms with Crippen molar-refractivity contribution in [1.82, 2.24) is 5.43 Å². The fourth-order valence-corrected chi connectivity index (χ4v) is 1.11. The second-order valence-corrected chi connectivity index (χ2v) is 3.02. The molecule has 0 atom stereocenters. The third kappa shape index (κ3) is 3.53. The summed E-state index contributed by atoms with van der Waals surface area (Å²) in [6, 6.07) is 5.69. The van der Waals surface area contributed by atoms with Crippen molar-refractivity contribution in [2.75, 3.05) is 0 Å². The fraction of sp³-hybridized carbons (Fsp3) is 0.0909. The number of nitro benzene ring substituents is 1. The van der Waals surface area contributed by atoms with Crippen LogP contribution in [0.25, 0.3) is 0 Å². The zero-order valence-electron chi connectivity index (χ0n) is 9.16. The minimum Gasteiger partial charge on any atom is -0.267 e. The van der Waals surface area contributed by atoms with Crippen molar-refractivity contribution in [2.24, 2.45) is 5.10 Å². The number of nitro groups is 1. The zero-order valence-corrected chi connectivity index (χ0v) is 9.16. The van der Waals surface area contributed by atoms with Crippen molar-refractivity contribution in [3.63, 3.8) is 0 Å². The molecular formula is C11H11N3O3. The lowest BCUT2D eigenvalue weighted by Crippen LogP contribution is -2.18. The SMILES string of the molecule is C/C=C/C=N/NC(=O)c1ccccc1[N+](=O)[O-]. The van der Waals surface area contributed by atoms with Gasteiger partial charge in [0.1, 0.15) is 5.56 Å². The lowest BCUT2D eigenvalue weighted by atomic mass is 10.2. The first-order valence-electron chi connectivity index (χ1n) is 4.85. The maximum atomic E-state index is 11.6. The molecule has 0 aliphatic carbocycles. The molecule has 1 N–H and O–H groups in total. The van der Waals surface area contributed by atoms with Crippen molar-refractivity contribution in [2.45, 2.75) is 6.92 Å². The second kappa shape index (κ2) is 6.16. The van der Waals surface area contributed by atoms with Crippen LogP contribution in [0.4, 0.5) is 5.69 Å². The van der Waals surface area contributed by atoms with Crippen LogP contribution in [0.1, 0.15) is 17.3 Å². The maximum absolute atomic E-state index is 11.6. The van der Waals surface area contributed by atoms with Gasteiger partial charge in [0.15, 0.2) is 0 Å². The van der Waals surface area contributed by atoms with E-state index in [2.05, 4.69) is 10.5 Å². The number of rotatable bonds is 4. The van der Waals surface area contributed by atoms with E-state index in [0.717, 1.165) is 0 Å². The highest BCUT2D eigenvalue weighted by Gasteiger charge is 2.18. The molecule has 0 saturated carbocycles. The summed E-state index contributed by atoms with van der Waals surface area (Å²) < 4.78 is 0. The molecule has 0 fully saturated rings. The van der Waals surface area contributed by atoms with Crippen LogP contribution in [0.3, 0.4) is 0 Å². The van der Waals surface area contributed by atoms with Gasteiger partial charge in [-0.25, -0.2) is 5.43 Å². The monoisotopic (exact) mass is 233 g/mol. The number of hydrogen-bond acceptors (Lipinski definition) is 4. The van der Waals surface area contributed by atoms with Gasteiger partial charge in [0, 0.05) is 12.3 Å². The predicted molar refractivity (Wildman–Crippen MR) is 63.9 cm³/mol. The molecule has 88 valence electrons. The van der Waals surface area contributed by atoms with Gasteiger partial charge in [0.2, 0.25) is 0 Å². The summed E-state index contributed by atoms with van der Waals surface area (Å²) in [5.41, 5.74) is 1.94. The van der Waals surface area contributed by atoms with E-state index in [4.69, 9.17) is 0 Å². The lowest BCUT2D eigenvalue weighted by molar-refractivity contribution is -0.385.